The van der Waals surface area contributed by atoms with E-state index in [0.717, 1.165) is 50.7 Å². The Morgan fingerprint density at radius 2 is 1.83 bits per heavy atom. The first-order valence-electron chi connectivity index (χ1n) is 10.3. The number of aromatic nitrogens is 3. The number of aryl methyl sites for hydroxylation is 1. The molecule has 2 fully saturated rings. The number of benzene rings is 1. The van der Waals surface area contributed by atoms with Crippen molar-refractivity contribution < 1.29 is 13.2 Å². The number of nitriles is 1. The summed E-state index contributed by atoms with van der Waals surface area (Å²) in [5.74, 6) is -1.36. The first-order chi connectivity index (χ1) is 14.0. The fourth-order valence-corrected chi connectivity index (χ4v) is 5.55. The molecule has 5 nitrogen and oxygen atoms in total. The van der Waals surface area contributed by atoms with Crippen molar-refractivity contribution in [1.82, 2.24) is 19.7 Å². The fraction of sp³-hybridized carbons (Fsp3) is 0.571. The molecule has 3 aliphatic rings. The zero-order valence-electron chi connectivity index (χ0n) is 16.0. The summed E-state index contributed by atoms with van der Waals surface area (Å²) in [6.07, 6.45) is 6.69. The highest BCUT2D eigenvalue weighted by atomic mass is 19.2. The summed E-state index contributed by atoms with van der Waals surface area (Å²) in [6, 6.07) is 2.30. The van der Waals surface area contributed by atoms with Crippen LogP contribution >= 0.6 is 0 Å². The van der Waals surface area contributed by atoms with E-state index in [1.807, 2.05) is 4.90 Å². The Hall–Kier alpha value is -2.56. The minimum Gasteiger partial charge on any atom is -0.310 e. The molecular weight excluding hydrogens is 379 g/mol. The molecule has 0 spiro atoms. The van der Waals surface area contributed by atoms with Gasteiger partial charge in [-0.25, -0.2) is 22.8 Å². The van der Waals surface area contributed by atoms with Gasteiger partial charge in [0.2, 0.25) is 0 Å². The molecule has 1 aromatic carbocycles. The number of rotatable bonds is 3. The van der Waals surface area contributed by atoms with E-state index in [4.69, 9.17) is 4.98 Å². The quantitative estimate of drug-likeness (QED) is 0.583. The highest BCUT2D eigenvalue weighted by molar-refractivity contribution is 5.30. The largest absolute Gasteiger partial charge is 0.310 e. The van der Waals surface area contributed by atoms with E-state index < -0.39 is 23.4 Å². The first kappa shape index (κ1) is 18.5. The lowest BCUT2D eigenvalue weighted by Crippen LogP contribution is -2.40. The molecule has 8 heteroatoms. The summed E-state index contributed by atoms with van der Waals surface area (Å²) < 4.78 is 43.3. The lowest BCUT2D eigenvalue weighted by molar-refractivity contribution is 0.154. The molecule has 2 aromatic rings. The Morgan fingerprint density at radius 1 is 1.07 bits per heavy atom. The van der Waals surface area contributed by atoms with Crippen molar-refractivity contribution in [3.8, 4) is 6.19 Å². The average Bonchev–Trinajstić information content (AvgIpc) is 3.23. The van der Waals surface area contributed by atoms with Gasteiger partial charge in [0.1, 0.15) is 5.82 Å². The second-order valence-electron chi connectivity index (χ2n) is 8.54. The fourth-order valence-electron chi connectivity index (χ4n) is 5.55. The van der Waals surface area contributed by atoms with Gasteiger partial charge in [-0.1, -0.05) is 6.07 Å². The topological polar surface area (TPSA) is 57.7 Å². The zero-order chi connectivity index (χ0) is 20.1. The van der Waals surface area contributed by atoms with Crippen molar-refractivity contribution in [3.63, 3.8) is 0 Å². The zero-order valence-corrected chi connectivity index (χ0v) is 16.0. The SMILES string of the molecule is N#CN1C[C@H]2CC[C@@H](C1)C2Cc1nc2n(n1)CCCC2c1ccc(F)c(F)c1F. The summed E-state index contributed by atoms with van der Waals surface area (Å²) in [5, 5.41) is 13.9. The Balaban J connectivity index is 1.41. The molecule has 1 saturated heterocycles. The van der Waals surface area contributed by atoms with Crippen LogP contribution in [-0.4, -0.2) is 32.8 Å². The Kier molecular flexibility index (Phi) is 4.49. The second-order valence-corrected chi connectivity index (χ2v) is 8.54. The van der Waals surface area contributed by atoms with Crippen LogP contribution in [0.2, 0.25) is 0 Å². The molecule has 2 unspecified atom stereocenters. The molecule has 0 radical (unpaired) electrons. The van der Waals surface area contributed by atoms with Gasteiger partial charge in [-0.3, -0.25) is 0 Å². The molecule has 0 amide bonds. The predicted molar refractivity (Wildman–Crippen MR) is 98.0 cm³/mol. The van der Waals surface area contributed by atoms with Crippen LogP contribution in [-0.2, 0) is 13.0 Å². The molecule has 1 saturated carbocycles. The van der Waals surface area contributed by atoms with Crippen molar-refractivity contribution in [2.24, 2.45) is 17.8 Å². The summed E-state index contributed by atoms with van der Waals surface area (Å²) in [7, 11) is 0. The maximum atomic E-state index is 14.4. The van der Waals surface area contributed by atoms with Gasteiger partial charge in [-0.2, -0.15) is 10.4 Å². The van der Waals surface area contributed by atoms with Crippen LogP contribution in [0, 0.1) is 46.7 Å². The first-order valence-corrected chi connectivity index (χ1v) is 10.3. The maximum Gasteiger partial charge on any atom is 0.194 e. The van der Waals surface area contributed by atoms with Crippen molar-refractivity contribution in [2.45, 2.75) is 44.6 Å². The van der Waals surface area contributed by atoms with Crippen LogP contribution in [0.3, 0.4) is 0 Å². The molecule has 5 rings (SSSR count). The minimum atomic E-state index is -1.43. The number of likely N-dealkylation sites (tertiary alicyclic amines) is 1. The van der Waals surface area contributed by atoms with E-state index in [1.165, 1.54) is 6.07 Å². The van der Waals surface area contributed by atoms with Crippen LogP contribution in [0.25, 0.3) is 0 Å². The van der Waals surface area contributed by atoms with E-state index in [2.05, 4.69) is 11.3 Å². The minimum absolute atomic E-state index is 0.145. The molecule has 2 aliphatic heterocycles. The number of halogens is 3. The third kappa shape index (κ3) is 3.07. The van der Waals surface area contributed by atoms with Crippen LogP contribution in [0.4, 0.5) is 13.2 Å². The molecule has 3 heterocycles. The molecular formula is C21H22F3N5. The number of hydrogen-bond donors (Lipinski definition) is 0. The standard InChI is InChI=1S/C21H22F3N5/c22-17-6-5-14(19(23)20(17)24)15-2-1-7-29-21(15)26-18(27-29)8-16-12-3-4-13(16)10-28(9-12)11-25/h5-6,12-13,15-16H,1-4,7-10H2/t12-,13+,15?,16?. The van der Waals surface area contributed by atoms with Crippen molar-refractivity contribution in [2.75, 3.05) is 13.1 Å². The maximum absolute atomic E-state index is 14.4. The average molecular weight is 401 g/mol. The third-order valence-electron chi connectivity index (χ3n) is 6.95. The van der Waals surface area contributed by atoms with E-state index in [0.29, 0.717) is 36.5 Å². The van der Waals surface area contributed by atoms with Gasteiger partial charge in [0, 0.05) is 37.5 Å². The lowest BCUT2D eigenvalue weighted by Gasteiger charge is -2.34. The summed E-state index contributed by atoms with van der Waals surface area (Å²) in [6.45, 7) is 2.30. The van der Waals surface area contributed by atoms with Gasteiger partial charge in [0.25, 0.3) is 0 Å². The van der Waals surface area contributed by atoms with Gasteiger partial charge in [0.05, 0.1) is 0 Å². The van der Waals surface area contributed by atoms with Gasteiger partial charge >= 0.3 is 0 Å². The highest BCUT2D eigenvalue weighted by Gasteiger charge is 2.42. The van der Waals surface area contributed by atoms with Crippen LogP contribution in [0.5, 0.6) is 0 Å². The Labute approximate surface area is 167 Å². The van der Waals surface area contributed by atoms with E-state index in [1.54, 1.807) is 4.68 Å². The Bertz CT molecular complexity index is 967. The number of nitrogens with zero attached hydrogens (tertiary/aromatic N) is 5. The predicted octanol–water partition coefficient (Wildman–Crippen LogP) is 3.60. The van der Waals surface area contributed by atoms with Crippen molar-refractivity contribution in [3.05, 3.63) is 46.8 Å². The number of hydrogen-bond acceptors (Lipinski definition) is 4. The van der Waals surface area contributed by atoms with Crippen LogP contribution < -0.4 is 0 Å². The monoisotopic (exact) mass is 401 g/mol. The molecule has 1 aromatic heterocycles. The Morgan fingerprint density at radius 3 is 2.55 bits per heavy atom. The van der Waals surface area contributed by atoms with Crippen LogP contribution in [0.1, 0.15) is 48.8 Å². The van der Waals surface area contributed by atoms with E-state index >= 15 is 0 Å². The van der Waals surface area contributed by atoms with Crippen LogP contribution in [0.15, 0.2) is 12.1 Å². The van der Waals surface area contributed by atoms with Crippen molar-refractivity contribution >= 4 is 0 Å². The smallest absolute Gasteiger partial charge is 0.194 e. The normalized spacial score (nSPS) is 28.3. The summed E-state index contributed by atoms with van der Waals surface area (Å²) in [5.41, 5.74) is 0.145. The highest BCUT2D eigenvalue weighted by Crippen LogP contribution is 2.43. The third-order valence-corrected chi connectivity index (χ3v) is 6.95. The van der Waals surface area contributed by atoms with Gasteiger partial charge in [-0.15, -0.1) is 0 Å². The number of fused-ring (bicyclic) bond motifs is 3. The second kappa shape index (κ2) is 7.05. The molecule has 1 aliphatic carbocycles. The molecule has 29 heavy (non-hydrogen) atoms. The van der Waals surface area contributed by atoms with Gasteiger partial charge in [-0.05, 0) is 49.5 Å². The molecule has 0 N–H and O–H groups in total. The molecule has 4 atom stereocenters. The summed E-state index contributed by atoms with van der Waals surface area (Å²) in [4.78, 5) is 6.58. The van der Waals surface area contributed by atoms with E-state index in [9.17, 15) is 18.4 Å². The van der Waals surface area contributed by atoms with E-state index in [-0.39, 0.29) is 5.56 Å². The molecule has 2 bridgehead atoms. The van der Waals surface area contributed by atoms with Crippen molar-refractivity contribution in [1.29, 1.82) is 5.26 Å². The summed E-state index contributed by atoms with van der Waals surface area (Å²) >= 11 is 0. The number of piperidine rings is 1. The van der Waals surface area contributed by atoms with Gasteiger partial charge in [0.15, 0.2) is 29.5 Å². The van der Waals surface area contributed by atoms with Gasteiger partial charge < -0.3 is 4.90 Å². The molecule has 152 valence electrons. The lowest BCUT2D eigenvalue weighted by atomic mass is 9.82.